The van der Waals surface area contributed by atoms with Crippen molar-refractivity contribution in [2.24, 2.45) is 0 Å². The van der Waals surface area contributed by atoms with Crippen LogP contribution in [0.3, 0.4) is 0 Å². The molecule has 0 fully saturated rings. The summed E-state index contributed by atoms with van der Waals surface area (Å²) in [6, 6.07) is 10.4. The normalized spacial score (nSPS) is 9.56. The average molecular weight is 286 g/mol. The van der Waals surface area contributed by atoms with Gasteiger partial charge in [-0.25, -0.2) is 0 Å². The van der Waals surface area contributed by atoms with Crippen LogP contribution in [0.25, 0.3) is 16.9 Å². The van der Waals surface area contributed by atoms with E-state index in [1.54, 1.807) is 30.3 Å². The van der Waals surface area contributed by atoms with E-state index in [9.17, 15) is 5.11 Å². The van der Waals surface area contributed by atoms with Crippen LogP contribution in [-0.2, 0) is 0 Å². The second-order valence-corrected chi connectivity index (χ2v) is 3.29. The number of aromatic hydroxyl groups is 1. The van der Waals surface area contributed by atoms with Crippen LogP contribution in [0.1, 0.15) is 0 Å². The highest BCUT2D eigenvalue weighted by atomic mass is 35.5. The third-order valence-electron chi connectivity index (χ3n) is 2.23. The van der Waals surface area contributed by atoms with Crippen molar-refractivity contribution in [2.45, 2.75) is 0 Å². The van der Waals surface area contributed by atoms with E-state index in [1.165, 1.54) is 4.63 Å². The molecule has 0 spiro atoms. The van der Waals surface area contributed by atoms with Crippen molar-refractivity contribution in [2.75, 3.05) is 0 Å². The summed E-state index contributed by atoms with van der Waals surface area (Å²) in [4.78, 5) is 0. The van der Waals surface area contributed by atoms with Gasteiger partial charge in [0.1, 0.15) is 5.75 Å². The molecule has 3 aromatic rings. The lowest BCUT2D eigenvalue weighted by Gasteiger charge is -2.00. The zero-order valence-corrected chi connectivity index (χ0v) is 10.6. The molecule has 3 rings (SSSR count). The van der Waals surface area contributed by atoms with Crippen LogP contribution in [-0.4, -0.2) is 30.4 Å². The summed E-state index contributed by atoms with van der Waals surface area (Å²) in [5, 5.41) is 24.4. The van der Waals surface area contributed by atoms with Gasteiger partial charge in [0.15, 0.2) is 5.65 Å². The summed E-state index contributed by atoms with van der Waals surface area (Å²) in [6.45, 7) is 0. The smallest absolute Gasteiger partial charge is 0.200 e. The van der Waals surface area contributed by atoms with Gasteiger partial charge in [-0.15, -0.1) is 39.6 Å². The third-order valence-corrected chi connectivity index (χ3v) is 2.23. The zero-order chi connectivity index (χ0) is 11.0. The Labute approximate surface area is 114 Å². The molecule has 2 heterocycles. The van der Waals surface area contributed by atoms with Crippen molar-refractivity contribution >= 4 is 30.5 Å². The highest BCUT2D eigenvalue weighted by molar-refractivity contribution is 5.85. The summed E-state index contributed by atoms with van der Waals surface area (Å²) in [5.41, 5.74) is 2.25. The maximum Gasteiger partial charge on any atom is 0.200 e. The number of phenolic OH excluding ortho intramolecular Hbond substituents is 1. The molecule has 0 saturated heterocycles. The van der Waals surface area contributed by atoms with Crippen LogP contribution in [0.4, 0.5) is 0 Å². The molecule has 0 unspecified atom stereocenters. The number of benzene rings is 1. The van der Waals surface area contributed by atoms with Crippen LogP contribution < -0.4 is 0 Å². The number of hydrogen-bond donors (Lipinski definition) is 1. The topological polar surface area (TPSA) is 76.2 Å². The first-order chi connectivity index (χ1) is 7.83. The van der Waals surface area contributed by atoms with Crippen LogP contribution in [0.5, 0.6) is 5.75 Å². The van der Waals surface area contributed by atoms with E-state index >= 15 is 0 Å². The molecular formula is C10H9Cl2N5O. The second-order valence-electron chi connectivity index (χ2n) is 3.29. The fourth-order valence-corrected chi connectivity index (χ4v) is 1.44. The number of hydrogen-bond acceptors (Lipinski definition) is 5. The fraction of sp³-hybridized carbons (Fsp3) is 0. The second kappa shape index (κ2) is 5.61. The van der Waals surface area contributed by atoms with Gasteiger partial charge < -0.3 is 5.11 Å². The first-order valence-electron chi connectivity index (χ1n) is 4.68. The minimum atomic E-state index is 0. The molecule has 1 N–H and O–H groups in total. The number of nitrogens with zero attached hydrogens (tertiary/aromatic N) is 5. The molecular weight excluding hydrogens is 277 g/mol. The highest BCUT2D eigenvalue weighted by Gasteiger charge is 2.03. The van der Waals surface area contributed by atoms with Crippen molar-refractivity contribution < 1.29 is 5.11 Å². The van der Waals surface area contributed by atoms with E-state index < -0.39 is 0 Å². The van der Waals surface area contributed by atoms with E-state index in [0.29, 0.717) is 5.65 Å². The molecule has 0 saturated carbocycles. The number of tetrazole rings is 1. The Balaban J connectivity index is 0.000000810. The number of fused-ring (bicyclic) bond motifs is 1. The molecule has 0 radical (unpaired) electrons. The first kappa shape index (κ1) is 14.1. The van der Waals surface area contributed by atoms with E-state index in [-0.39, 0.29) is 30.6 Å². The Bertz CT molecular complexity index is 640. The van der Waals surface area contributed by atoms with Gasteiger partial charge in [-0.2, -0.15) is 0 Å². The Morgan fingerprint density at radius 1 is 0.944 bits per heavy atom. The van der Waals surface area contributed by atoms with Gasteiger partial charge in [0.05, 0.1) is 5.69 Å². The highest BCUT2D eigenvalue weighted by Crippen LogP contribution is 2.19. The molecule has 2 aromatic heterocycles. The van der Waals surface area contributed by atoms with Crippen molar-refractivity contribution in [1.29, 1.82) is 0 Å². The predicted octanol–water partition coefficient (Wildman–Crippen LogP) is 1.74. The molecule has 0 aliphatic rings. The van der Waals surface area contributed by atoms with Crippen LogP contribution in [0, 0.1) is 0 Å². The van der Waals surface area contributed by atoms with E-state index in [0.717, 1.165) is 11.3 Å². The van der Waals surface area contributed by atoms with E-state index in [2.05, 4.69) is 20.6 Å². The van der Waals surface area contributed by atoms with Crippen LogP contribution in [0.2, 0.25) is 0 Å². The van der Waals surface area contributed by atoms with Gasteiger partial charge in [-0.1, -0.05) is 0 Å². The van der Waals surface area contributed by atoms with Gasteiger partial charge in [0, 0.05) is 5.56 Å². The largest absolute Gasteiger partial charge is 0.508 e. The number of aromatic nitrogens is 5. The predicted molar refractivity (Wildman–Crippen MR) is 70.2 cm³/mol. The maximum absolute atomic E-state index is 9.18. The van der Waals surface area contributed by atoms with Gasteiger partial charge in [0.25, 0.3) is 0 Å². The van der Waals surface area contributed by atoms with Crippen molar-refractivity contribution in [3.63, 3.8) is 0 Å². The number of rotatable bonds is 1. The average Bonchev–Trinajstić information content (AvgIpc) is 2.77. The third kappa shape index (κ3) is 2.49. The molecule has 8 heteroatoms. The van der Waals surface area contributed by atoms with Crippen LogP contribution >= 0.6 is 24.8 Å². The summed E-state index contributed by atoms with van der Waals surface area (Å²) in [6.07, 6.45) is 0. The lowest BCUT2D eigenvalue weighted by Crippen LogP contribution is -1.95. The van der Waals surface area contributed by atoms with Crippen LogP contribution in [0.15, 0.2) is 36.4 Å². The zero-order valence-electron chi connectivity index (χ0n) is 8.96. The maximum atomic E-state index is 9.18. The Kier molecular flexibility index (Phi) is 4.41. The van der Waals surface area contributed by atoms with Crippen molar-refractivity contribution in [3.8, 4) is 17.0 Å². The number of phenols is 1. The molecule has 0 atom stereocenters. The molecule has 94 valence electrons. The molecule has 0 aliphatic carbocycles. The Morgan fingerprint density at radius 3 is 2.39 bits per heavy atom. The molecule has 0 bridgehead atoms. The first-order valence-corrected chi connectivity index (χ1v) is 4.68. The minimum Gasteiger partial charge on any atom is -0.508 e. The van der Waals surface area contributed by atoms with Gasteiger partial charge in [-0.05, 0) is 46.8 Å². The van der Waals surface area contributed by atoms with Gasteiger partial charge in [-0.3, -0.25) is 0 Å². The number of halogens is 2. The van der Waals surface area contributed by atoms with E-state index in [1.807, 2.05) is 6.07 Å². The lowest BCUT2D eigenvalue weighted by atomic mass is 10.1. The molecule has 6 nitrogen and oxygen atoms in total. The van der Waals surface area contributed by atoms with Crippen molar-refractivity contribution in [3.05, 3.63) is 36.4 Å². The fourth-order valence-electron chi connectivity index (χ4n) is 1.44. The van der Waals surface area contributed by atoms with Gasteiger partial charge in [0.2, 0.25) is 0 Å². The molecule has 1 aromatic carbocycles. The monoisotopic (exact) mass is 285 g/mol. The van der Waals surface area contributed by atoms with E-state index in [4.69, 9.17) is 0 Å². The molecule has 0 amide bonds. The summed E-state index contributed by atoms with van der Waals surface area (Å²) in [5.74, 6) is 0.229. The van der Waals surface area contributed by atoms with Gasteiger partial charge >= 0.3 is 0 Å². The molecule has 0 aliphatic heterocycles. The minimum absolute atomic E-state index is 0. The molecule has 18 heavy (non-hydrogen) atoms. The van der Waals surface area contributed by atoms with Crippen molar-refractivity contribution in [1.82, 2.24) is 25.3 Å². The Morgan fingerprint density at radius 2 is 1.67 bits per heavy atom. The lowest BCUT2D eigenvalue weighted by molar-refractivity contribution is 0.475. The summed E-state index contributed by atoms with van der Waals surface area (Å²) >= 11 is 0. The Hall–Kier alpha value is -1.92. The summed E-state index contributed by atoms with van der Waals surface area (Å²) < 4.78 is 1.36. The SMILES string of the molecule is Cl.Cl.Oc1ccc(-c2ccc3nnnn3n2)cc1. The summed E-state index contributed by atoms with van der Waals surface area (Å²) in [7, 11) is 0. The standard InChI is InChI=1S/C10H7N5O.2ClH/c16-8-3-1-7(2-4-8)9-5-6-10-11-13-14-15(10)12-9;;/h1-6,16H;2*1H. The quantitative estimate of drug-likeness (QED) is 0.737.